The molecule has 0 unspecified atom stereocenters. The van der Waals surface area contributed by atoms with Crippen LogP contribution < -0.4 is 10.1 Å². The average Bonchev–Trinajstić information content (AvgIpc) is 2.74. The van der Waals surface area contributed by atoms with Gasteiger partial charge < -0.3 is 10.1 Å². The van der Waals surface area contributed by atoms with E-state index in [1.807, 2.05) is 48.5 Å². The van der Waals surface area contributed by atoms with Crippen LogP contribution >= 0.6 is 11.6 Å². The van der Waals surface area contributed by atoms with Gasteiger partial charge in [0.05, 0.1) is 10.7 Å². The summed E-state index contributed by atoms with van der Waals surface area (Å²) in [5, 5.41) is 4.10. The number of nitrogens with zero attached hydrogens (tertiary/aromatic N) is 1. The van der Waals surface area contributed by atoms with Crippen LogP contribution in [0.2, 0.25) is 5.02 Å². The largest absolute Gasteiger partial charge is 0.455 e. The average molecular weight is 463 g/mol. The molecule has 0 bridgehead atoms. The van der Waals surface area contributed by atoms with E-state index >= 15 is 0 Å². The summed E-state index contributed by atoms with van der Waals surface area (Å²) in [7, 11) is 0. The molecule has 0 amide bonds. The predicted octanol–water partition coefficient (Wildman–Crippen LogP) is 7.32. The Bertz CT molecular complexity index is 1130. The van der Waals surface area contributed by atoms with Crippen LogP contribution in [0.5, 0.6) is 11.5 Å². The van der Waals surface area contributed by atoms with Crippen molar-refractivity contribution in [3.8, 4) is 22.8 Å². The monoisotopic (exact) mass is 462 g/mol. The quantitative estimate of drug-likeness (QED) is 0.390. The van der Waals surface area contributed by atoms with Crippen molar-refractivity contribution < 1.29 is 9.53 Å². The fourth-order valence-electron chi connectivity index (χ4n) is 5.22. The highest BCUT2D eigenvalue weighted by molar-refractivity contribution is 6.32. The van der Waals surface area contributed by atoms with Gasteiger partial charge in [0.1, 0.15) is 11.5 Å². The number of benzene rings is 2. The van der Waals surface area contributed by atoms with Crippen molar-refractivity contribution in [1.82, 2.24) is 10.3 Å². The van der Waals surface area contributed by atoms with E-state index in [4.69, 9.17) is 16.3 Å². The maximum atomic E-state index is 13.1. The van der Waals surface area contributed by atoms with E-state index in [-0.39, 0.29) is 16.9 Å². The Kier molecular flexibility index (Phi) is 6.60. The standard InChI is InChI=1S/C28H31ClN2O2/c1-27(2)17-19(18-28(3,4)31-27)15-24(32)20-12-13-26(22(29)16-20)33-25-11-6-5-9-21(25)23-10-7-8-14-30-23/h5-14,16,19,31H,15,17-18H2,1-4H3. The summed E-state index contributed by atoms with van der Waals surface area (Å²) >= 11 is 6.55. The first-order chi connectivity index (χ1) is 15.6. The molecule has 2 heterocycles. The molecule has 1 saturated heterocycles. The second-order valence-corrected chi connectivity index (χ2v) is 10.7. The third kappa shape index (κ3) is 5.82. The molecule has 1 aromatic heterocycles. The zero-order valence-electron chi connectivity index (χ0n) is 19.7. The summed E-state index contributed by atoms with van der Waals surface area (Å²) in [5.74, 6) is 1.64. The summed E-state index contributed by atoms with van der Waals surface area (Å²) in [4.78, 5) is 17.5. The molecule has 1 aliphatic heterocycles. The van der Waals surface area contributed by atoms with E-state index in [1.54, 1.807) is 18.3 Å². The topological polar surface area (TPSA) is 51.2 Å². The molecular formula is C28H31ClN2O2. The van der Waals surface area contributed by atoms with Gasteiger partial charge in [-0.05, 0) is 88.9 Å². The van der Waals surface area contributed by atoms with E-state index < -0.39 is 0 Å². The molecular weight excluding hydrogens is 432 g/mol. The molecule has 2 aromatic carbocycles. The number of para-hydroxylation sites is 1. The number of Topliss-reactive ketones (excluding diaryl/α,β-unsaturated/α-hetero) is 1. The second kappa shape index (κ2) is 9.28. The summed E-state index contributed by atoms with van der Waals surface area (Å²) in [6.07, 6.45) is 4.22. The zero-order chi connectivity index (χ0) is 23.6. The third-order valence-electron chi connectivity index (χ3n) is 6.05. The lowest BCUT2D eigenvalue weighted by Gasteiger charge is -2.46. The van der Waals surface area contributed by atoms with E-state index in [0.29, 0.717) is 34.4 Å². The van der Waals surface area contributed by atoms with Crippen LogP contribution in [0.25, 0.3) is 11.3 Å². The molecule has 0 atom stereocenters. The van der Waals surface area contributed by atoms with Crippen molar-refractivity contribution >= 4 is 17.4 Å². The second-order valence-electron chi connectivity index (χ2n) is 10.3. The van der Waals surface area contributed by atoms with E-state index in [0.717, 1.165) is 24.1 Å². The molecule has 33 heavy (non-hydrogen) atoms. The number of hydrogen-bond acceptors (Lipinski definition) is 4. The van der Waals surface area contributed by atoms with Crippen molar-refractivity contribution in [3.63, 3.8) is 0 Å². The molecule has 0 spiro atoms. The minimum Gasteiger partial charge on any atom is -0.455 e. The van der Waals surface area contributed by atoms with Gasteiger partial charge in [0, 0.05) is 34.8 Å². The Hall–Kier alpha value is -2.69. The van der Waals surface area contributed by atoms with Crippen molar-refractivity contribution in [2.45, 2.75) is 58.0 Å². The molecule has 172 valence electrons. The van der Waals surface area contributed by atoms with Gasteiger partial charge in [-0.15, -0.1) is 0 Å². The zero-order valence-corrected chi connectivity index (χ0v) is 20.4. The normalized spacial score (nSPS) is 17.5. The minimum absolute atomic E-state index is 0.0169. The Morgan fingerprint density at radius 3 is 2.36 bits per heavy atom. The highest BCUT2D eigenvalue weighted by Gasteiger charge is 2.38. The lowest BCUT2D eigenvalue weighted by molar-refractivity contribution is 0.0864. The van der Waals surface area contributed by atoms with Crippen LogP contribution in [0.4, 0.5) is 0 Å². The number of nitrogens with one attached hydrogen (secondary N) is 1. The van der Waals surface area contributed by atoms with Crippen LogP contribution in [0.3, 0.4) is 0 Å². The van der Waals surface area contributed by atoms with Crippen LogP contribution in [0, 0.1) is 5.92 Å². The lowest BCUT2D eigenvalue weighted by Crippen LogP contribution is -2.57. The van der Waals surface area contributed by atoms with Crippen molar-refractivity contribution in [3.05, 3.63) is 77.4 Å². The maximum absolute atomic E-state index is 13.1. The van der Waals surface area contributed by atoms with E-state index in [2.05, 4.69) is 38.0 Å². The Morgan fingerprint density at radius 2 is 1.70 bits per heavy atom. The third-order valence-corrected chi connectivity index (χ3v) is 6.35. The van der Waals surface area contributed by atoms with Gasteiger partial charge >= 0.3 is 0 Å². The molecule has 0 saturated carbocycles. The summed E-state index contributed by atoms with van der Waals surface area (Å²) in [6.45, 7) is 8.82. The number of rotatable bonds is 6. The SMILES string of the molecule is CC1(C)CC(CC(=O)c2ccc(Oc3ccccc3-c3ccccn3)c(Cl)c2)CC(C)(C)N1. The van der Waals surface area contributed by atoms with E-state index in [1.165, 1.54) is 0 Å². The Balaban J connectivity index is 1.50. The number of piperidine rings is 1. The molecule has 5 heteroatoms. The number of aromatic nitrogens is 1. The molecule has 3 aromatic rings. The molecule has 0 radical (unpaired) electrons. The van der Waals surface area contributed by atoms with E-state index in [9.17, 15) is 4.79 Å². The van der Waals surface area contributed by atoms with Crippen LogP contribution in [0.15, 0.2) is 66.9 Å². The summed E-state index contributed by atoms with van der Waals surface area (Å²) < 4.78 is 6.14. The van der Waals surface area contributed by atoms with Gasteiger partial charge in [-0.25, -0.2) is 0 Å². The first kappa shape index (κ1) is 23.5. The molecule has 1 fully saturated rings. The number of carbonyl (C=O) groups excluding carboxylic acids is 1. The number of halogens is 1. The summed E-state index contributed by atoms with van der Waals surface area (Å²) in [5.41, 5.74) is 2.36. The number of ether oxygens (including phenoxy) is 1. The van der Waals surface area contributed by atoms with Gasteiger partial charge in [0.25, 0.3) is 0 Å². The summed E-state index contributed by atoms with van der Waals surface area (Å²) in [6, 6.07) is 18.8. The smallest absolute Gasteiger partial charge is 0.163 e. The molecule has 0 aliphatic carbocycles. The fourth-order valence-corrected chi connectivity index (χ4v) is 5.44. The van der Waals surface area contributed by atoms with Crippen molar-refractivity contribution in [1.29, 1.82) is 0 Å². The number of pyridine rings is 1. The van der Waals surface area contributed by atoms with Gasteiger partial charge in [0.15, 0.2) is 5.78 Å². The molecule has 1 N–H and O–H groups in total. The minimum atomic E-state index is 0.0169. The van der Waals surface area contributed by atoms with Crippen molar-refractivity contribution in [2.24, 2.45) is 5.92 Å². The van der Waals surface area contributed by atoms with Gasteiger partial charge in [-0.2, -0.15) is 0 Å². The highest BCUT2D eigenvalue weighted by Crippen LogP contribution is 2.38. The molecule has 4 rings (SSSR count). The predicted molar refractivity (Wildman–Crippen MR) is 134 cm³/mol. The first-order valence-electron chi connectivity index (χ1n) is 11.4. The van der Waals surface area contributed by atoms with Crippen LogP contribution in [-0.4, -0.2) is 21.8 Å². The number of carbonyl (C=O) groups is 1. The number of ketones is 1. The Morgan fingerprint density at radius 1 is 1.00 bits per heavy atom. The highest BCUT2D eigenvalue weighted by atomic mass is 35.5. The van der Waals surface area contributed by atoms with Gasteiger partial charge in [-0.1, -0.05) is 29.8 Å². The van der Waals surface area contributed by atoms with Crippen molar-refractivity contribution in [2.75, 3.05) is 0 Å². The Labute approximate surface area is 201 Å². The maximum Gasteiger partial charge on any atom is 0.163 e. The van der Waals surface area contributed by atoms with Gasteiger partial charge in [-0.3, -0.25) is 9.78 Å². The molecule has 4 nitrogen and oxygen atoms in total. The molecule has 1 aliphatic rings. The van der Waals surface area contributed by atoms with Crippen LogP contribution in [-0.2, 0) is 0 Å². The van der Waals surface area contributed by atoms with Gasteiger partial charge in [0.2, 0.25) is 0 Å². The first-order valence-corrected chi connectivity index (χ1v) is 11.8. The lowest BCUT2D eigenvalue weighted by atomic mass is 9.74. The fraction of sp³-hybridized carbons (Fsp3) is 0.357. The number of hydrogen-bond donors (Lipinski definition) is 1. The van der Waals surface area contributed by atoms with Crippen LogP contribution in [0.1, 0.15) is 57.3 Å².